The van der Waals surface area contributed by atoms with Gasteiger partial charge in [-0.05, 0) is 25.1 Å². The van der Waals surface area contributed by atoms with E-state index in [2.05, 4.69) is 0 Å². The van der Waals surface area contributed by atoms with E-state index in [1.165, 1.54) is 23.1 Å². The minimum absolute atomic E-state index is 0.120. The number of anilines is 1. The Labute approximate surface area is 104 Å². The number of nitrogens with zero attached hydrogens (tertiary/aromatic N) is 1. The lowest BCUT2D eigenvalue weighted by molar-refractivity contribution is -0.147. The van der Waals surface area contributed by atoms with Crippen LogP contribution in [0.2, 0.25) is 0 Å². The number of hydrogen-bond acceptors (Lipinski definition) is 3. The van der Waals surface area contributed by atoms with Crippen LogP contribution in [0.4, 0.5) is 10.1 Å². The number of carbonyl (C=O) groups excluding carboxylic acids is 2. The highest BCUT2D eigenvalue weighted by atomic mass is 19.1. The van der Waals surface area contributed by atoms with E-state index in [0.717, 1.165) is 0 Å². The SMILES string of the molecule is CCOC(=O)[C@@H]1CC(=O)N(c2cccc(F)c2)C1. The fraction of sp³-hybridized carbons (Fsp3) is 0.385. The van der Waals surface area contributed by atoms with Crippen molar-refractivity contribution in [3.05, 3.63) is 30.1 Å². The van der Waals surface area contributed by atoms with Gasteiger partial charge in [0.05, 0.1) is 12.5 Å². The second-order valence-electron chi connectivity index (χ2n) is 4.14. The van der Waals surface area contributed by atoms with E-state index in [1.807, 2.05) is 0 Å². The Morgan fingerprint density at radius 1 is 1.56 bits per heavy atom. The van der Waals surface area contributed by atoms with Crippen molar-refractivity contribution in [1.29, 1.82) is 0 Å². The van der Waals surface area contributed by atoms with Crippen LogP contribution in [0.5, 0.6) is 0 Å². The predicted molar refractivity (Wildman–Crippen MR) is 63.5 cm³/mol. The van der Waals surface area contributed by atoms with Crippen LogP contribution < -0.4 is 4.90 Å². The van der Waals surface area contributed by atoms with Gasteiger partial charge in [0.1, 0.15) is 5.82 Å². The first-order valence-electron chi connectivity index (χ1n) is 5.84. The average molecular weight is 251 g/mol. The van der Waals surface area contributed by atoms with Gasteiger partial charge in [0, 0.05) is 18.7 Å². The van der Waals surface area contributed by atoms with Crippen molar-refractivity contribution in [1.82, 2.24) is 0 Å². The summed E-state index contributed by atoms with van der Waals surface area (Å²) in [5, 5.41) is 0. The zero-order chi connectivity index (χ0) is 13.1. The second kappa shape index (κ2) is 5.16. The summed E-state index contributed by atoms with van der Waals surface area (Å²) in [7, 11) is 0. The Bertz CT molecular complexity index is 475. The highest BCUT2D eigenvalue weighted by molar-refractivity contribution is 5.99. The molecule has 2 rings (SSSR count). The maximum Gasteiger partial charge on any atom is 0.311 e. The standard InChI is InChI=1S/C13H14FNO3/c1-2-18-13(17)9-6-12(16)15(8-9)11-5-3-4-10(14)7-11/h3-5,7,9H,2,6,8H2,1H3/t9-/m1/s1. The summed E-state index contributed by atoms with van der Waals surface area (Å²) < 4.78 is 18.0. The van der Waals surface area contributed by atoms with Gasteiger partial charge in [-0.25, -0.2) is 4.39 Å². The van der Waals surface area contributed by atoms with Gasteiger partial charge in [-0.1, -0.05) is 6.07 Å². The highest BCUT2D eigenvalue weighted by Gasteiger charge is 2.36. The molecule has 0 bridgehead atoms. The number of ether oxygens (including phenoxy) is 1. The molecule has 1 aliphatic heterocycles. The summed E-state index contributed by atoms with van der Waals surface area (Å²) in [5.74, 6) is -1.41. The summed E-state index contributed by atoms with van der Waals surface area (Å²) in [5.41, 5.74) is 0.479. The number of halogens is 1. The first-order valence-corrected chi connectivity index (χ1v) is 5.84. The average Bonchev–Trinajstić information content (AvgIpc) is 2.72. The molecule has 5 heteroatoms. The molecular formula is C13H14FNO3. The van der Waals surface area contributed by atoms with Crippen LogP contribution in [-0.2, 0) is 14.3 Å². The number of hydrogen-bond donors (Lipinski definition) is 0. The monoisotopic (exact) mass is 251 g/mol. The Balaban J connectivity index is 2.12. The van der Waals surface area contributed by atoms with Crippen molar-refractivity contribution < 1.29 is 18.7 Å². The van der Waals surface area contributed by atoms with E-state index in [9.17, 15) is 14.0 Å². The van der Waals surface area contributed by atoms with Crippen LogP contribution in [0.3, 0.4) is 0 Å². The molecule has 0 aliphatic carbocycles. The first kappa shape index (κ1) is 12.5. The third-order valence-corrected chi connectivity index (χ3v) is 2.86. The molecule has 0 saturated carbocycles. The molecule has 18 heavy (non-hydrogen) atoms. The van der Waals surface area contributed by atoms with E-state index in [0.29, 0.717) is 12.3 Å². The zero-order valence-electron chi connectivity index (χ0n) is 10.1. The third kappa shape index (κ3) is 2.50. The van der Waals surface area contributed by atoms with Gasteiger partial charge < -0.3 is 9.64 Å². The van der Waals surface area contributed by atoms with Gasteiger partial charge in [0.2, 0.25) is 5.91 Å². The number of benzene rings is 1. The summed E-state index contributed by atoms with van der Waals surface area (Å²) in [6.45, 7) is 2.27. The molecule has 1 amide bonds. The summed E-state index contributed by atoms with van der Waals surface area (Å²) in [4.78, 5) is 24.8. The fourth-order valence-corrected chi connectivity index (χ4v) is 2.02. The normalized spacial score (nSPS) is 19.1. The zero-order valence-corrected chi connectivity index (χ0v) is 10.1. The van der Waals surface area contributed by atoms with Crippen LogP contribution in [0.1, 0.15) is 13.3 Å². The lowest BCUT2D eigenvalue weighted by Crippen LogP contribution is -2.26. The van der Waals surface area contributed by atoms with Gasteiger partial charge in [0.15, 0.2) is 0 Å². The lowest BCUT2D eigenvalue weighted by atomic mass is 10.1. The van der Waals surface area contributed by atoms with E-state index >= 15 is 0 Å². The molecule has 0 N–H and O–H groups in total. The van der Waals surface area contributed by atoms with Crippen molar-refractivity contribution in [2.45, 2.75) is 13.3 Å². The molecular weight excluding hydrogens is 237 g/mol. The fourth-order valence-electron chi connectivity index (χ4n) is 2.02. The predicted octanol–water partition coefficient (Wildman–Crippen LogP) is 1.74. The molecule has 1 aliphatic rings. The quantitative estimate of drug-likeness (QED) is 0.769. The van der Waals surface area contributed by atoms with Crippen LogP contribution >= 0.6 is 0 Å². The van der Waals surface area contributed by atoms with Crippen molar-refractivity contribution in [3.63, 3.8) is 0 Å². The van der Waals surface area contributed by atoms with Crippen LogP contribution in [0, 0.1) is 11.7 Å². The highest BCUT2D eigenvalue weighted by Crippen LogP contribution is 2.26. The second-order valence-corrected chi connectivity index (χ2v) is 4.14. The molecule has 1 saturated heterocycles. The lowest BCUT2D eigenvalue weighted by Gasteiger charge is -2.16. The summed E-state index contributed by atoms with van der Waals surface area (Å²) >= 11 is 0. The molecule has 1 heterocycles. The van der Waals surface area contributed by atoms with Gasteiger partial charge in [-0.15, -0.1) is 0 Å². The van der Waals surface area contributed by atoms with E-state index in [-0.39, 0.29) is 24.8 Å². The van der Waals surface area contributed by atoms with E-state index < -0.39 is 11.7 Å². The summed E-state index contributed by atoms with van der Waals surface area (Å²) in [6, 6.07) is 5.78. The van der Waals surface area contributed by atoms with Crippen molar-refractivity contribution >= 4 is 17.6 Å². The number of esters is 1. The molecule has 0 spiro atoms. The molecule has 1 atom stereocenters. The van der Waals surface area contributed by atoms with Crippen LogP contribution in [0.15, 0.2) is 24.3 Å². The first-order chi connectivity index (χ1) is 8.61. The third-order valence-electron chi connectivity index (χ3n) is 2.86. The van der Waals surface area contributed by atoms with Gasteiger partial charge in [-0.3, -0.25) is 9.59 Å². The van der Waals surface area contributed by atoms with E-state index in [1.54, 1.807) is 13.0 Å². The number of rotatable bonds is 3. The van der Waals surface area contributed by atoms with Crippen molar-refractivity contribution in [2.24, 2.45) is 5.92 Å². The number of carbonyl (C=O) groups is 2. The van der Waals surface area contributed by atoms with Gasteiger partial charge >= 0.3 is 5.97 Å². The van der Waals surface area contributed by atoms with Gasteiger partial charge in [-0.2, -0.15) is 0 Å². The molecule has 96 valence electrons. The van der Waals surface area contributed by atoms with Crippen LogP contribution in [0.25, 0.3) is 0 Å². The Morgan fingerprint density at radius 2 is 2.33 bits per heavy atom. The van der Waals surface area contributed by atoms with E-state index in [4.69, 9.17) is 4.74 Å². The Morgan fingerprint density at radius 3 is 3.00 bits per heavy atom. The molecule has 1 aromatic carbocycles. The molecule has 1 aromatic rings. The Kier molecular flexibility index (Phi) is 3.60. The summed E-state index contributed by atoms with van der Waals surface area (Å²) in [6.07, 6.45) is 0.120. The topological polar surface area (TPSA) is 46.6 Å². The largest absolute Gasteiger partial charge is 0.466 e. The maximum absolute atomic E-state index is 13.1. The molecule has 1 fully saturated rings. The van der Waals surface area contributed by atoms with Crippen molar-refractivity contribution in [3.8, 4) is 0 Å². The smallest absolute Gasteiger partial charge is 0.311 e. The van der Waals surface area contributed by atoms with Gasteiger partial charge in [0.25, 0.3) is 0 Å². The molecule has 4 nitrogen and oxygen atoms in total. The molecule has 0 radical (unpaired) electrons. The minimum atomic E-state index is -0.458. The number of amides is 1. The molecule has 0 aromatic heterocycles. The Hall–Kier alpha value is -1.91. The maximum atomic E-state index is 13.1. The molecule has 0 unspecified atom stereocenters. The minimum Gasteiger partial charge on any atom is -0.466 e. The van der Waals surface area contributed by atoms with Crippen LogP contribution in [-0.4, -0.2) is 25.0 Å². The van der Waals surface area contributed by atoms with Crippen molar-refractivity contribution in [2.75, 3.05) is 18.1 Å².